The number of hydrogen-bond acceptors (Lipinski definition) is 1. The first-order valence-corrected chi connectivity index (χ1v) is 5.49. The SMILES string of the molecule is CCC1(C(O)c2cccc(Cl)c2)CC1. The lowest BCUT2D eigenvalue weighted by molar-refractivity contribution is 0.0902. The lowest BCUT2D eigenvalue weighted by Crippen LogP contribution is -2.12. The average Bonchev–Trinajstić information content (AvgIpc) is 2.97. The summed E-state index contributed by atoms with van der Waals surface area (Å²) >= 11 is 5.89. The van der Waals surface area contributed by atoms with Crippen LogP contribution in [0.4, 0.5) is 0 Å². The zero-order valence-electron chi connectivity index (χ0n) is 8.33. The van der Waals surface area contributed by atoms with E-state index in [0.717, 1.165) is 24.8 Å². The molecule has 1 aliphatic carbocycles. The maximum atomic E-state index is 10.2. The van der Waals surface area contributed by atoms with Crippen molar-refractivity contribution >= 4 is 11.6 Å². The number of aliphatic hydroxyl groups is 1. The number of rotatable bonds is 3. The van der Waals surface area contributed by atoms with Gasteiger partial charge in [-0.15, -0.1) is 0 Å². The third-order valence-electron chi connectivity index (χ3n) is 3.34. The van der Waals surface area contributed by atoms with Gasteiger partial charge in [0.15, 0.2) is 0 Å². The quantitative estimate of drug-likeness (QED) is 0.809. The van der Waals surface area contributed by atoms with E-state index in [1.165, 1.54) is 0 Å². The van der Waals surface area contributed by atoms with Gasteiger partial charge in [-0.05, 0) is 37.0 Å². The lowest BCUT2D eigenvalue weighted by atomic mass is 9.90. The standard InChI is InChI=1S/C12H15ClO/c1-2-12(6-7-12)11(14)9-4-3-5-10(13)8-9/h3-5,8,11,14H,2,6-7H2,1H3. The van der Waals surface area contributed by atoms with E-state index in [9.17, 15) is 5.11 Å². The fourth-order valence-corrected chi connectivity index (χ4v) is 2.21. The predicted octanol–water partition coefficient (Wildman–Crippen LogP) is 3.56. The summed E-state index contributed by atoms with van der Waals surface area (Å²) < 4.78 is 0. The van der Waals surface area contributed by atoms with Crippen LogP contribution in [0.2, 0.25) is 5.02 Å². The molecule has 0 heterocycles. The summed E-state index contributed by atoms with van der Waals surface area (Å²) in [6, 6.07) is 7.55. The van der Waals surface area contributed by atoms with Gasteiger partial charge in [-0.2, -0.15) is 0 Å². The van der Waals surface area contributed by atoms with Crippen LogP contribution in [0.5, 0.6) is 0 Å². The van der Waals surface area contributed by atoms with Crippen molar-refractivity contribution in [2.75, 3.05) is 0 Å². The minimum absolute atomic E-state index is 0.144. The van der Waals surface area contributed by atoms with Crippen LogP contribution in [0.3, 0.4) is 0 Å². The van der Waals surface area contributed by atoms with Gasteiger partial charge in [-0.25, -0.2) is 0 Å². The van der Waals surface area contributed by atoms with Gasteiger partial charge in [0.1, 0.15) is 0 Å². The van der Waals surface area contributed by atoms with Gasteiger partial charge in [0.2, 0.25) is 0 Å². The Bertz CT molecular complexity index is 331. The molecule has 2 heteroatoms. The van der Waals surface area contributed by atoms with Gasteiger partial charge in [0.05, 0.1) is 6.10 Å². The van der Waals surface area contributed by atoms with Gasteiger partial charge in [-0.3, -0.25) is 0 Å². The van der Waals surface area contributed by atoms with Crippen molar-refractivity contribution in [3.8, 4) is 0 Å². The van der Waals surface area contributed by atoms with Gasteiger partial charge >= 0.3 is 0 Å². The Hall–Kier alpha value is -0.530. The topological polar surface area (TPSA) is 20.2 Å². The maximum Gasteiger partial charge on any atom is 0.0846 e. The highest BCUT2D eigenvalue weighted by atomic mass is 35.5. The Labute approximate surface area is 89.7 Å². The van der Waals surface area contributed by atoms with Crippen molar-refractivity contribution in [2.24, 2.45) is 5.41 Å². The molecule has 1 unspecified atom stereocenters. The second-order valence-electron chi connectivity index (χ2n) is 4.17. The Morgan fingerprint density at radius 3 is 2.71 bits per heavy atom. The van der Waals surface area contributed by atoms with Gasteiger partial charge in [-0.1, -0.05) is 30.7 Å². The second kappa shape index (κ2) is 3.56. The minimum atomic E-state index is -0.341. The molecule has 1 aliphatic rings. The molecule has 0 amide bonds. The smallest absolute Gasteiger partial charge is 0.0846 e. The van der Waals surface area contributed by atoms with E-state index in [-0.39, 0.29) is 11.5 Å². The zero-order valence-corrected chi connectivity index (χ0v) is 9.09. The van der Waals surface area contributed by atoms with Crippen molar-refractivity contribution in [1.82, 2.24) is 0 Å². The summed E-state index contributed by atoms with van der Waals surface area (Å²) in [6.07, 6.45) is 2.97. The number of benzene rings is 1. The molecule has 1 aromatic carbocycles. The predicted molar refractivity (Wildman–Crippen MR) is 58.4 cm³/mol. The summed E-state index contributed by atoms with van der Waals surface area (Å²) in [6.45, 7) is 2.14. The molecule has 0 saturated heterocycles. The molecule has 1 saturated carbocycles. The number of halogens is 1. The van der Waals surface area contributed by atoms with E-state index < -0.39 is 0 Å². The van der Waals surface area contributed by atoms with Crippen LogP contribution in [0.1, 0.15) is 37.9 Å². The lowest BCUT2D eigenvalue weighted by Gasteiger charge is -2.20. The number of hydrogen-bond donors (Lipinski definition) is 1. The molecule has 2 rings (SSSR count). The fraction of sp³-hybridized carbons (Fsp3) is 0.500. The fourth-order valence-electron chi connectivity index (χ4n) is 2.01. The van der Waals surface area contributed by atoms with E-state index >= 15 is 0 Å². The minimum Gasteiger partial charge on any atom is -0.388 e. The maximum absolute atomic E-state index is 10.2. The first kappa shape index (κ1) is 10.0. The van der Waals surface area contributed by atoms with Crippen molar-refractivity contribution in [3.63, 3.8) is 0 Å². The van der Waals surface area contributed by atoms with Crippen molar-refractivity contribution in [1.29, 1.82) is 0 Å². The monoisotopic (exact) mass is 210 g/mol. The molecule has 76 valence electrons. The van der Waals surface area contributed by atoms with Crippen LogP contribution in [-0.2, 0) is 0 Å². The summed E-state index contributed by atoms with van der Waals surface area (Å²) in [5, 5.41) is 10.9. The summed E-state index contributed by atoms with van der Waals surface area (Å²) in [5.41, 5.74) is 1.10. The third kappa shape index (κ3) is 1.67. The zero-order chi connectivity index (χ0) is 10.2. The Kier molecular flexibility index (Phi) is 2.54. The van der Waals surface area contributed by atoms with Crippen LogP contribution >= 0.6 is 11.6 Å². The molecule has 1 atom stereocenters. The van der Waals surface area contributed by atoms with Gasteiger partial charge in [0, 0.05) is 10.4 Å². The molecule has 1 nitrogen and oxygen atoms in total. The molecule has 14 heavy (non-hydrogen) atoms. The molecule has 1 N–H and O–H groups in total. The largest absolute Gasteiger partial charge is 0.388 e. The highest BCUT2D eigenvalue weighted by molar-refractivity contribution is 6.30. The van der Waals surface area contributed by atoms with E-state index in [4.69, 9.17) is 11.6 Å². The van der Waals surface area contributed by atoms with Crippen LogP contribution in [0, 0.1) is 5.41 Å². The molecule has 1 aromatic rings. The van der Waals surface area contributed by atoms with E-state index in [1.54, 1.807) is 0 Å². The van der Waals surface area contributed by atoms with E-state index in [0.29, 0.717) is 5.02 Å². The summed E-state index contributed by atoms with van der Waals surface area (Å²) in [7, 11) is 0. The van der Waals surface area contributed by atoms with Gasteiger partial charge < -0.3 is 5.11 Å². The second-order valence-corrected chi connectivity index (χ2v) is 4.61. The van der Waals surface area contributed by atoms with Crippen molar-refractivity contribution in [3.05, 3.63) is 34.9 Å². The van der Waals surface area contributed by atoms with Crippen LogP contribution in [0.25, 0.3) is 0 Å². The van der Waals surface area contributed by atoms with Gasteiger partial charge in [0.25, 0.3) is 0 Å². The molecule has 0 aromatic heterocycles. The highest BCUT2D eigenvalue weighted by Crippen LogP contribution is 2.57. The van der Waals surface area contributed by atoms with Crippen LogP contribution < -0.4 is 0 Å². The van der Waals surface area contributed by atoms with Crippen LogP contribution in [-0.4, -0.2) is 5.11 Å². The highest BCUT2D eigenvalue weighted by Gasteiger charge is 2.47. The average molecular weight is 211 g/mol. The van der Waals surface area contributed by atoms with E-state index in [1.807, 2.05) is 24.3 Å². The van der Waals surface area contributed by atoms with Crippen molar-refractivity contribution in [2.45, 2.75) is 32.3 Å². The third-order valence-corrected chi connectivity index (χ3v) is 3.58. The Morgan fingerprint density at radius 1 is 1.50 bits per heavy atom. The summed E-state index contributed by atoms with van der Waals surface area (Å²) in [5.74, 6) is 0. The van der Waals surface area contributed by atoms with E-state index in [2.05, 4.69) is 6.92 Å². The molecular formula is C12H15ClO. The molecule has 0 spiro atoms. The first-order valence-electron chi connectivity index (χ1n) is 5.11. The molecule has 0 aliphatic heterocycles. The first-order chi connectivity index (χ1) is 6.68. The molecule has 0 bridgehead atoms. The number of aliphatic hydroxyl groups excluding tert-OH is 1. The van der Waals surface area contributed by atoms with Crippen LogP contribution in [0.15, 0.2) is 24.3 Å². The normalized spacial score (nSPS) is 20.5. The Balaban J connectivity index is 2.23. The molecule has 1 fully saturated rings. The molecular weight excluding hydrogens is 196 g/mol. The van der Waals surface area contributed by atoms with Crippen molar-refractivity contribution < 1.29 is 5.11 Å². The Morgan fingerprint density at radius 2 is 2.21 bits per heavy atom. The summed E-state index contributed by atoms with van der Waals surface area (Å²) in [4.78, 5) is 0. The molecule has 0 radical (unpaired) electrons.